The molecule has 0 saturated heterocycles. The molecule has 0 fully saturated rings. The number of carbonyl (C=O) groups excluding carboxylic acids is 1. The molecule has 6 nitrogen and oxygen atoms in total. The number of nitrogen functional groups attached to an aromatic ring is 1. The highest BCUT2D eigenvalue weighted by Crippen LogP contribution is 2.41. The maximum absolute atomic E-state index is 11.2. The smallest absolute Gasteiger partial charge is 0.261 e. The summed E-state index contributed by atoms with van der Waals surface area (Å²) in [6.45, 7) is 0.613. The monoisotopic (exact) mass is 283 g/mol. The third-order valence-corrected chi connectivity index (χ3v) is 4.47. The van der Waals surface area contributed by atoms with Gasteiger partial charge < -0.3 is 16.8 Å². The topological polar surface area (TPSA) is 110 Å². The van der Waals surface area contributed by atoms with Crippen molar-refractivity contribution < 1.29 is 4.79 Å². The average molecular weight is 283 g/mol. The minimum absolute atomic E-state index is 0.397. The minimum Gasteiger partial charge on any atom is -0.396 e. The zero-order valence-electron chi connectivity index (χ0n) is 9.69. The quantitative estimate of drug-likeness (QED) is 0.621. The summed E-state index contributed by atoms with van der Waals surface area (Å²) in [5.41, 5.74) is 12.7. The molecule has 0 saturated carbocycles. The molecule has 0 spiro atoms. The summed E-state index contributed by atoms with van der Waals surface area (Å²) in [4.78, 5) is 12.5. The van der Waals surface area contributed by atoms with E-state index < -0.39 is 5.91 Å². The summed E-state index contributed by atoms with van der Waals surface area (Å²) in [6, 6.07) is 0. The Bertz CT molecular complexity index is 549. The zero-order chi connectivity index (χ0) is 13.1. The normalized spacial score (nSPS) is 10.5. The number of hydrogen-bond donors (Lipinski definition) is 4. The van der Waals surface area contributed by atoms with Crippen molar-refractivity contribution in [2.75, 3.05) is 17.3 Å². The van der Waals surface area contributed by atoms with Crippen LogP contribution in [0.4, 0.5) is 10.7 Å². The predicted octanol–water partition coefficient (Wildman–Crippen LogP) is 1.49. The van der Waals surface area contributed by atoms with Crippen molar-refractivity contribution in [1.82, 2.24) is 10.2 Å². The van der Waals surface area contributed by atoms with Crippen LogP contribution in [0.25, 0.3) is 0 Å². The second-order valence-corrected chi connectivity index (χ2v) is 5.37. The van der Waals surface area contributed by atoms with Crippen molar-refractivity contribution in [2.24, 2.45) is 5.73 Å². The molecule has 0 radical (unpaired) electrons. The first kappa shape index (κ1) is 12.8. The number of anilines is 2. The van der Waals surface area contributed by atoms with Gasteiger partial charge >= 0.3 is 0 Å². The fraction of sp³-hybridized carbons (Fsp3) is 0.200. The van der Waals surface area contributed by atoms with Crippen LogP contribution in [0.15, 0.2) is 17.3 Å². The number of aromatic nitrogens is 2. The number of amides is 1. The van der Waals surface area contributed by atoms with Crippen LogP contribution in [-0.4, -0.2) is 22.4 Å². The highest BCUT2D eigenvalue weighted by atomic mass is 32.2. The van der Waals surface area contributed by atoms with E-state index >= 15 is 0 Å². The Labute approximate surface area is 112 Å². The Morgan fingerprint density at radius 2 is 2.44 bits per heavy atom. The first-order valence-electron chi connectivity index (χ1n) is 5.11. The Morgan fingerprint density at radius 1 is 1.67 bits per heavy atom. The molecule has 0 bridgehead atoms. The third-order valence-electron chi connectivity index (χ3n) is 2.34. The number of nitrogens with one attached hydrogen (secondary N) is 2. The van der Waals surface area contributed by atoms with Crippen LogP contribution in [0.1, 0.15) is 15.2 Å². The van der Waals surface area contributed by atoms with Gasteiger partial charge in [-0.05, 0) is 6.26 Å². The molecule has 2 aromatic rings. The number of nitrogens with two attached hydrogens (primary N) is 2. The molecule has 0 aliphatic heterocycles. The van der Waals surface area contributed by atoms with E-state index in [0.717, 1.165) is 15.5 Å². The van der Waals surface area contributed by atoms with Crippen molar-refractivity contribution in [2.45, 2.75) is 11.4 Å². The molecule has 6 N–H and O–H groups in total. The van der Waals surface area contributed by atoms with E-state index in [0.29, 0.717) is 17.1 Å². The van der Waals surface area contributed by atoms with Gasteiger partial charge in [0, 0.05) is 18.3 Å². The second kappa shape index (κ2) is 5.32. The first-order chi connectivity index (χ1) is 8.63. The molecule has 2 aromatic heterocycles. The van der Waals surface area contributed by atoms with Gasteiger partial charge in [-0.2, -0.15) is 5.10 Å². The van der Waals surface area contributed by atoms with Crippen LogP contribution in [0.3, 0.4) is 0 Å². The van der Waals surface area contributed by atoms with Crippen LogP contribution in [0.5, 0.6) is 0 Å². The van der Waals surface area contributed by atoms with Gasteiger partial charge in [-0.1, -0.05) is 0 Å². The highest BCUT2D eigenvalue weighted by Gasteiger charge is 2.18. The fourth-order valence-corrected chi connectivity index (χ4v) is 3.37. The number of hydrogen-bond acceptors (Lipinski definition) is 6. The standard InChI is InChI=1S/C10H13N5OS2/c1-17-8-6(11)7(9(12)16)18-10(8)13-2-5-3-14-15-4-5/h3-4,13H,2,11H2,1H3,(H2,12,16)(H,14,15). The number of primary amides is 1. The summed E-state index contributed by atoms with van der Waals surface area (Å²) in [6.07, 6.45) is 5.45. The SMILES string of the molecule is CSc1c(NCc2cn[nH]c2)sc(C(N)=O)c1N. The molecule has 0 aromatic carbocycles. The molecule has 0 atom stereocenters. The Balaban J connectivity index is 2.21. The van der Waals surface area contributed by atoms with E-state index in [9.17, 15) is 4.79 Å². The lowest BCUT2D eigenvalue weighted by atomic mass is 10.3. The molecular weight excluding hydrogens is 270 g/mol. The molecule has 2 rings (SSSR count). The molecule has 18 heavy (non-hydrogen) atoms. The summed E-state index contributed by atoms with van der Waals surface area (Å²) in [5.74, 6) is -0.496. The highest BCUT2D eigenvalue weighted by molar-refractivity contribution is 7.99. The largest absolute Gasteiger partial charge is 0.396 e. The minimum atomic E-state index is -0.496. The lowest BCUT2D eigenvalue weighted by molar-refractivity contribution is 0.100. The third kappa shape index (κ3) is 2.44. The van der Waals surface area contributed by atoms with Gasteiger partial charge in [-0.15, -0.1) is 23.1 Å². The number of thioether (sulfide) groups is 1. The number of aromatic amines is 1. The molecule has 96 valence electrons. The number of H-pyrrole nitrogens is 1. The zero-order valence-corrected chi connectivity index (χ0v) is 11.3. The van der Waals surface area contributed by atoms with Crippen LogP contribution >= 0.6 is 23.1 Å². The van der Waals surface area contributed by atoms with Crippen molar-refractivity contribution in [3.05, 3.63) is 22.8 Å². The van der Waals surface area contributed by atoms with Gasteiger partial charge in [-0.25, -0.2) is 0 Å². The van der Waals surface area contributed by atoms with E-state index in [1.54, 1.807) is 12.4 Å². The molecular formula is C10H13N5OS2. The Morgan fingerprint density at radius 3 is 3.00 bits per heavy atom. The van der Waals surface area contributed by atoms with E-state index in [1.165, 1.54) is 23.1 Å². The summed E-state index contributed by atoms with van der Waals surface area (Å²) >= 11 is 2.77. The van der Waals surface area contributed by atoms with Gasteiger partial charge in [0.15, 0.2) is 0 Å². The lowest BCUT2D eigenvalue weighted by Gasteiger charge is -2.04. The number of thiophene rings is 1. The fourth-order valence-electron chi connectivity index (χ4n) is 1.49. The number of nitrogens with zero attached hydrogens (tertiary/aromatic N) is 1. The van der Waals surface area contributed by atoms with Crippen LogP contribution < -0.4 is 16.8 Å². The van der Waals surface area contributed by atoms with Crippen molar-refractivity contribution in [3.8, 4) is 0 Å². The van der Waals surface area contributed by atoms with E-state index in [4.69, 9.17) is 11.5 Å². The van der Waals surface area contributed by atoms with Gasteiger partial charge in [0.1, 0.15) is 9.88 Å². The number of rotatable bonds is 5. The van der Waals surface area contributed by atoms with Crippen LogP contribution in [0.2, 0.25) is 0 Å². The lowest BCUT2D eigenvalue weighted by Crippen LogP contribution is -2.10. The predicted molar refractivity (Wildman–Crippen MR) is 74.9 cm³/mol. The average Bonchev–Trinajstić information content (AvgIpc) is 2.93. The molecule has 0 aliphatic carbocycles. The Kier molecular flexibility index (Phi) is 3.78. The number of carbonyl (C=O) groups is 1. The van der Waals surface area contributed by atoms with Gasteiger partial charge in [-0.3, -0.25) is 9.89 Å². The van der Waals surface area contributed by atoms with E-state index in [-0.39, 0.29) is 0 Å². The first-order valence-corrected chi connectivity index (χ1v) is 7.15. The van der Waals surface area contributed by atoms with Crippen LogP contribution in [-0.2, 0) is 6.54 Å². The van der Waals surface area contributed by atoms with Gasteiger partial charge in [0.05, 0.1) is 16.8 Å². The molecule has 2 heterocycles. The molecule has 0 unspecified atom stereocenters. The molecule has 0 aliphatic rings. The van der Waals surface area contributed by atoms with Gasteiger partial charge in [0.25, 0.3) is 5.91 Å². The molecule has 8 heteroatoms. The maximum atomic E-state index is 11.2. The van der Waals surface area contributed by atoms with Crippen molar-refractivity contribution >= 4 is 39.7 Å². The summed E-state index contributed by atoms with van der Waals surface area (Å²) in [7, 11) is 0. The summed E-state index contributed by atoms with van der Waals surface area (Å²) in [5, 5.41) is 10.7. The van der Waals surface area contributed by atoms with Crippen molar-refractivity contribution in [1.29, 1.82) is 0 Å². The maximum Gasteiger partial charge on any atom is 0.261 e. The second-order valence-electron chi connectivity index (χ2n) is 3.53. The summed E-state index contributed by atoms with van der Waals surface area (Å²) < 4.78 is 0. The van der Waals surface area contributed by atoms with E-state index in [2.05, 4.69) is 15.5 Å². The van der Waals surface area contributed by atoms with Gasteiger partial charge in [0.2, 0.25) is 0 Å². The van der Waals surface area contributed by atoms with Crippen molar-refractivity contribution in [3.63, 3.8) is 0 Å². The van der Waals surface area contributed by atoms with Crippen LogP contribution in [0, 0.1) is 0 Å². The molecule has 1 amide bonds. The Hall–Kier alpha value is -1.67. The van der Waals surface area contributed by atoms with E-state index in [1.807, 2.05) is 6.26 Å².